The van der Waals surface area contributed by atoms with Crippen LogP contribution in [0.4, 0.5) is 11.4 Å². The Bertz CT molecular complexity index is 845. The molecule has 0 unspecified atom stereocenters. The Morgan fingerprint density at radius 3 is 2.50 bits per heavy atom. The highest BCUT2D eigenvalue weighted by Crippen LogP contribution is 2.28. The summed E-state index contributed by atoms with van der Waals surface area (Å²) in [6, 6.07) is 14.0. The average molecular weight is 372 g/mol. The van der Waals surface area contributed by atoms with Crippen LogP contribution in [0, 0.1) is 10.1 Å². The molecule has 3 rings (SSSR count). The van der Waals surface area contributed by atoms with Gasteiger partial charge in [-0.15, -0.1) is 0 Å². The van der Waals surface area contributed by atoms with Crippen LogP contribution < -0.4 is 4.90 Å². The first-order valence-electron chi connectivity index (χ1n) is 8.25. The summed E-state index contributed by atoms with van der Waals surface area (Å²) >= 11 is 5.94. The van der Waals surface area contributed by atoms with Crippen molar-refractivity contribution in [3.05, 3.63) is 75.3 Å². The van der Waals surface area contributed by atoms with E-state index in [2.05, 4.69) is 0 Å². The zero-order valence-electron chi connectivity index (χ0n) is 14.0. The van der Waals surface area contributed by atoms with Gasteiger partial charge in [0.2, 0.25) is 5.91 Å². The molecule has 26 heavy (non-hydrogen) atoms. The number of carbonyl (C=O) groups excluding carboxylic acids is 1. The zero-order chi connectivity index (χ0) is 18.5. The number of benzene rings is 2. The predicted molar refractivity (Wildman–Crippen MR) is 102 cm³/mol. The first-order valence-corrected chi connectivity index (χ1v) is 8.63. The van der Waals surface area contributed by atoms with Crippen molar-refractivity contribution >= 4 is 35.0 Å². The molecule has 2 aromatic carbocycles. The van der Waals surface area contributed by atoms with E-state index >= 15 is 0 Å². The number of nitro benzene ring substituents is 1. The molecule has 7 heteroatoms. The summed E-state index contributed by atoms with van der Waals surface area (Å²) in [5, 5.41) is 11.8. The lowest BCUT2D eigenvalue weighted by Gasteiger charge is -2.35. The standard InChI is InChI=1S/C19H18ClN3O3/c20-16-5-3-4-15(14-16)8-9-19(24)22-12-10-21(11-13-22)17-6-1-2-7-18(17)23(25)26/h1-9,14H,10-13H2. The molecule has 1 saturated heterocycles. The molecule has 0 radical (unpaired) electrons. The lowest BCUT2D eigenvalue weighted by atomic mass is 10.2. The van der Waals surface area contributed by atoms with Crippen LogP contribution in [0.1, 0.15) is 5.56 Å². The quantitative estimate of drug-likeness (QED) is 0.468. The molecule has 0 N–H and O–H groups in total. The molecule has 0 spiro atoms. The number of nitro groups is 1. The normalized spacial score (nSPS) is 14.7. The van der Waals surface area contributed by atoms with E-state index in [9.17, 15) is 14.9 Å². The number of anilines is 1. The molecule has 1 aliphatic heterocycles. The second-order valence-corrected chi connectivity index (χ2v) is 6.38. The van der Waals surface area contributed by atoms with Crippen LogP contribution in [0.3, 0.4) is 0 Å². The summed E-state index contributed by atoms with van der Waals surface area (Å²) in [6.45, 7) is 2.15. The summed E-state index contributed by atoms with van der Waals surface area (Å²) in [7, 11) is 0. The minimum absolute atomic E-state index is 0.0767. The van der Waals surface area contributed by atoms with Crippen LogP contribution in [0.15, 0.2) is 54.6 Å². The van der Waals surface area contributed by atoms with E-state index < -0.39 is 0 Å². The number of hydrogen-bond acceptors (Lipinski definition) is 4. The molecule has 1 amide bonds. The van der Waals surface area contributed by atoms with E-state index in [0.29, 0.717) is 36.9 Å². The smallest absolute Gasteiger partial charge is 0.292 e. The number of halogens is 1. The fourth-order valence-corrected chi connectivity index (χ4v) is 3.14. The Morgan fingerprint density at radius 1 is 1.08 bits per heavy atom. The fraction of sp³-hybridized carbons (Fsp3) is 0.211. The highest BCUT2D eigenvalue weighted by atomic mass is 35.5. The number of amides is 1. The fourth-order valence-electron chi connectivity index (χ4n) is 2.94. The van der Waals surface area contributed by atoms with E-state index in [0.717, 1.165) is 5.56 Å². The first-order chi connectivity index (χ1) is 12.5. The molecular weight excluding hydrogens is 354 g/mol. The third kappa shape index (κ3) is 4.21. The third-order valence-corrected chi connectivity index (χ3v) is 4.51. The Balaban J connectivity index is 1.62. The molecule has 0 saturated carbocycles. The van der Waals surface area contributed by atoms with Gasteiger partial charge in [-0.3, -0.25) is 14.9 Å². The summed E-state index contributed by atoms with van der Waals surface area (Å²) in [4.78, 5) is 26.8. The summed E-state index contributed by atoms with van der Waals surface area (Å²) in [5.74, 6) is -0.0767. The maximum absolute atomic E-state index is 12.4. The van der Waals surface area contributed by atoms with E-state index in [4.69, 9.17) is 11.6 Å². The number of nitrogens with zero attached hydrogens (tertiary/aromatic N) is 3. The van der Waals surface area contributed by atoms with Gasteiger partial charge in [0.1, 0.15) is 5.69 Å². The maximum atomic E-state index is 12.4. The summed E-state index contributed by atoms with van der Waals surface area (Å²) < 4.78 is 0. The second kappa shape index (κ2) is 8.01. The van der Waals surface area contributed by atoms with E-state index in [1.54, 1.807) is 41.3 Å². The van der Waals surface area contributed by atoms with Crippen molar-refractivity contribution in [3.63, 3.8) is 0 Å². The van der Waals surface area contributed by atoms with Crippen molar-refractivity contribution in [2.24, 2.45) is 0 Å². The van der Waals surface area contributed by atoms with Crippen molar-refractivity contribution in [1.29, 1.82) is 0 Å². The molecule has 0 atom stereocenters. The predicted octanol–water partition coefficient (Wildman–Crippen LogP) is 3.61. The first kappa shape index (κ1) is 17.9. The van der Waals surface area contributed by atoms with Crippen LogP contribution in [0.2, 0.25) is 5.02 Å². The zero-order valence-corrected chi connectivity index (χ0v) is 14.8. The van der Waals surface area contributed by atoms with Crippen molar-refractivity contribution < 1.29 is 9.72 Å². The average Bonchev–Trinajstić information content (AvgIpc) is 2.66. The number of para-hydroxylation sites is 2. The van der Waals surface area contributed by atoms with Crippen molar-refractivity contribution in [2.45, 2.75) is 0 Å². The van der Waals surface area contributed by atoms with Gasteiger partial charge in [-0.2, -0.15) is 0 Å². The van der Waals surface area contributed by atoms with Crippen molar-refractivity contribution in [3.8, 4) is 0 Å². The SMILES string of the molecule is O=C(C=Cc1cccc(Cl)c1)N1CCN(c2ccccc2[N+](=O)[O-])CC1. The van der Waals surface area contributed by atoms with Gasteiger partial charge in [0.05, 0.1) is 4.92 Å². The molecule has 1 fully saturated rings. The maximum Gasteiger partial charge on any atom is 0.292 e. The van der Waals surface area contributed by atoms with Gasteiger partial charge in [0.15, 0.2) is 0 Å². The van der Waals surface area contributed by atoms with E-state index in [1.807, 2.05) is 17.0 Å². The molecule has 0 aromatic heterocycles. The van der Waals surface area contributed by atoms with Crippen molar-refractivity contribution in [2.75, 3.05) is 31.1 Å². The Kier molecular flexibility index (Phi) is 5.53. The van der Waals surface area contributed by atoms with Gasteiger partial charge in [-0.25, -0.2) is 0 Å². The Labute approximate surface area is 156 Å². The van der Waals surface area contributed by atoms with Gasteiger partial charge in [-0.05, 0) is 29.8 Å². The summed E-state index contributed by atoms with van der Waals surface area (Å²) in [6.07, 6.45) is 3.27. The summed E-state index contributed by atoms with van der Waals surface area (Å²) in [5.41, 5.74) is 1.55. The van der Waals surface area contributed by atoms with Gasteiger partial charge in [0.25, 0.3) is 5.69 Å². The van der Waals surface area contributed by atoms with Gasteiger partial charge in [0, 0.05) is 43.3 Å². The topological polar surface area (TPSA) is 66.7 Å². The van der Waals surface area contributed by atoms with Crippen molar-refractivity contribution in [1.82, 2.24) is 4.90 Å². The molecule has 1 aliphatic rings. The molecule has 2 aromatic rings. The molecule has 134 valence electrons. The third-order valence-electron chi connectivity index (χ3n) is 4.28. The minimum atomic E-state index is -0.374. The van der Waals surface area contributed by atoms with Crippen LogP contribution in [-0.2, 0) is 4.79 Å². The second-order valence-electron chi connectivity index (χ2n) is 5.95. The van der Waals surface area contributed by atoms with Crippen LogP contribution >= 0.6 is 11.6 Å². The number of hydrogen-bond donors (Lipinski definition) is 0. The van der Waals surface area contributed by atoms with Crippen LogP contribution in [0.5, 0.6) is 0 Å². The van der Waals surface area contributed by atoms with E-state index in [1.165, 1.54) is 12.1 Å². The largest absolute Gasteiger partial charge is 0.362 e. The highest BCUT2D eigenvalue weighted by molar-refractivity contribution is 6.30. The number of carbonyl (C=O) groups is 1. The van der Waals surface area contributed by atoms with Crippen LogP contribution in [0.25, 0.3) is 6.08 Å². The monoisotopic (exact) mass is 371 g/mol. The number of piperazine rings is 1. The number of rotatable bonds is 4. The van der Waals surface area contributed by atoms with Gasteiger partial charge >= 0.3 is 0 Å². The molecule has 0 bridgehead atoms. The molecule has 6 nitrogen and oxygen atoms in total. The Morgan fingerprint density at radius 2 is 1.81 bits per heavy atom. The molecular formula is C19H18ClN3O3. The highest BCUT2D eigenvalue weighted by Gasteiger charge is 2.24. The molecule has 0 aliphatic carbocycles. The van der Waals surface area contributed by atoms with Gasteiger partial charge in [-0.1, -0.05) is 35.9 Å². The Hall–Kier alpha value is -2.86. The van der Waals surface area contributed by atoms with E-state index in [-0.39, 0.29) is 16.5 Å². The molecule has 1 heterocycles. The van der Waals surface area contributed by atoms with Crippen LogP contribution in [-0.4, -0.2) is 41.9 Å². The lowest BCUT2D eigenvalue weighted by molar-refractivity contribution is -0.384. The van der Waals surface area contributed by atoms with Gasteiger partial charge < -0.3 is 9.80 Å². The minimum Gasteiger partial charge on any atom is -0.362 e. The lowest BCUT2D eigenvalue weighted by Crippen LogP contribution is -2.48.